The molecule has 5 rings (SSSR count). The van der Waals surface area contributed by atoms with Crippen LogP contribution in [0.4, 0.5) is 0 Å². The molecule has 164 valence electrons. The summed E-state index contributed by atoms with van der Waals surface area (Å²) in [5, 5.41) is 3.73. The second-order valence-corrected chi connectivity index (χ2v) is 9.47. The maximum atomic E-state index is 13.3. The molecule has 1 aromatic heterocycles. The van der Waals surface area contributed by atoms with E-state index in [9.17, 15) is 4.79 Å². The van der Waals surface area contributed by atoms with E-state index in [1.807, 2.05) is 12.3 Å². The molecule has 0 saturated carbocycles. The van der Waals surface area contributed by atoms with Crippen LogP contribution in [0.2, 0.25) is 0 Å². The van der Waals surface area contributed by atoms with Gasteiger partial charge in [-0.2, -0.15) is 0 Å². The molecule has 3 aliphatic rings. The highest BCUT2D eigenvalue weighted by Gasteiger charge is 2.30. The fourth-order valence-corrected chi connectivity index (χ4v) is 5.70. The normalized spacial score (nSPS) is 23.4. The van der Waals surface area contributed by atoms with Crippen molar-refractivity contribution in [2.75, 3.05) is 26.7 Å². The van der Waals surface area contributed by atoms with Gasteiger partial charge in [0, 0.05) is 44.0 Å². The van der Waals surface area contributed by atoms with Crippen LogP contribution >= 0.6 is 0 Å². The molecule has 0 spiro atoms. The first-order valence-electron chi connectivity index (χ1n) is 12.0. The lowest BCUT2D eigenvalue weighted by Crippen LogP contribution is -2.46. The first-order valence-corrected chi connectivity index (χ1v) is 12.0. The SMILES string of the molecule is CN(C[C@@H]1Cc2c(cccc2C(=O)N2CCCCC2)CN1)[C@H]1CCCc2cccnc21. The van der Waals surface area contributed by atoms with Gasteiger partial charge in [-0.15, -0.1) is 0 Å². The van der Waals surface area contributed by atoms with Gasteiger partial charge in [-0.05, 0) is 80.8 Å². The van der Waals surface area contributed by atoms with Gasteiger partial charge in [-0.3, -0.25) is 14.7 Å². The van der Waals surface area contributed by atoms with Crippen molar-refractivity contribution in [3.63, 3.8) is 0 Å². The molecule has 1 aromatic carbocycles. The van der Waals surface area contributed by atoms with Crippen molar-refractivity contribution in [3.8, 4) is 0 Å². The molecule has 5 heteroatoms. The molecule has 1 aliphatic carbocycles. The Labute approximate surface area is 185 Å². The van der Waals surface area contributed by atoms with Gasteiger partial charge in [-0.25, -0.2) is 0 Å². The number of aromatic nitrogens is 1. The topological polar surface area (TPSA) is 48.5 Å². The Kier molecular flexibility index (Phi) is 6.06. The number of amides is 1. The third-order valence-corrected chi connectivity index (χ3v) is 7.38. The van der Waals surface area contributed by atoms with Gasteiger partial charge in [0.25, 0.3) is 5.91 Å². The van der Waals surface area contributed by atoms with E-state index < -0.39 is 0 Å². The summed E-state index contributed by atoms with van der Waals surface area (Å²) in [4.78, 5) is 22.5. The molecule has 3 heterocycles. The van der Waals surface area contributed by atoms with Crippen LogP contribution < -0.4 is 5.32 Å². The lowest BCUT2D eigenvalue weighted by Gasteiger charge is -2.37. The van der Waals surface area contributed by atoms with Crippen LogP contribution in [0.1, 0.15) is 70.9 Å². The van der Waals surface area contributed by atoms with E-state index in [4.69, 9.17) is 4.98 Å². The summed E-state index contributed by atoms with van der Waals surface area (Å²) in [6.07, 6.45) is 9.89. The lowest BCUT2D eigenvalue weighted by atomic mass is 9.88. The van der Waals surface area contributed by atoms with Crippen molar-refractivity contribution in [3.05, 3.63) is 64.5 Å². The van der Waals surface area contributed by atoms with E-state index in [2.05, 4.69) is 46.4 Å². The van der Waals surface area contributed by atoms with E-state index in [1.165, 1.54) is 41.6 Å². The number of rotatable bonds is 4. The van der Waals surface area contributed by atoms with Crippen LogP contribution in [-0.4, -0.2) is 53.4 Å². The summed E-state index contributed by atoms with van der Waals surface area (Å²) in [5.41, 5.74) is 6.14. The lowest BCUT2D eigenvalue weighted by molar-refractivity contribution is 0.0722. The molecule has 1 amide bonds. The molecule has 2 aliphatic heterocycles. The Hall–Kier alpha value is -2.24. The van der Waals surface area contributed by atoms with Gasteiger partial charge < -0.3 is 10.2 Å². The molecule has 31 heavy (non-hydrogen) atoms. The predicted octanol–water partition coefficient (Wildman–Crippen LogP) is 3.73. The number of likely N-dealkylation sites (tertiary alicyclic amines) is 1. The molecule has 0 unspecified atom stereocenters. The highest BCUT2D eigenvalue weighted by atomic mass is 16.2. The van der Waals surface area contributed by atoms with Crippen molar-refractivity contribution in [2.45, 2.75) is 63.6 Å². The Morgan fingerprint density at radius 3 is 2.84 bits per heavy atom. The van der Waals surface area contributed by atoms with Crippen LogP contribution in [0.5, 0.6) is 0 Å². The third-order valence-electron chi connectivity index (χ3n) is 7.38. The largest absolute Gasteiger partial charge is 0.339 e. The van der Waals surface area contributed by atoms with Gasteiger partial charge in [-0.1, -0.05) is 18.2 Å². The summed E-state index contributed by atoms with van der Waals surface area (Å²) < 4.78 is 0. The number of carbonyl (C=O) groups excluding carboxylic acids is 1. The third kappa shape index (κ3) is 4.26. The van der Waals surface area contributed by atoms with Crippen molar-refractivity contribution in [2.24, 2.45) is 0 Å². The number of aryl methyl sites for hydroxylation is 1. The summed E-state index contributed by atoms with van der Waals surface area (Å²) >= 11 is 0. The number of nitrogens with zero attached hydrogens (tertiary/aromatic N) is 3. The number of hydrogen-bond donors (Lipinski definition) is 1. The molecule has 2 atom stereocenters. The van der Waals surface area contributed by atoms with Crippen LogP contribution in [0, 0.1) is 0 Å². The first-order chi connectivity index (χ1) is 15.2. The standard InChI is InChI=1S/C26H34N4O/c1-29(24-12-6-8-19-10-7-13-27-25(19)24)18-21-16-23-20(17-28-21)9-5-11-22(23)26(31)30-14-3-2-4-15-30/h5,7,9-11,13,21,24,28H,2-4,6,8,12,14-18H2,1H3/t21-,24-/m0/s1. The number of benzene rings is 1. The molecule has 2 aromatic rings. The molecule has 1 fully saturated rings. The van der Waals surface area contributed by atoms with Crippen LogP contribution in [0.15, 0.2) is 36.5 Å². The number of hydrogen-bond acceptors (Lipinski definition) is 4. The molecule has 0 radical (unpaired) electrons. The number of nitrogens with one attached hydrogen (secondary N) is 1. The maximum Gasteiger partial charge on any atom is 0.254 e. The van der Waals surface area contributed by atoms with E-state index >= 15 is 0 Å². The Bertz CT molecular complexity index is 937. The quantitative estimate of drug-likeness (QED) is 0.822. The van der Waals surface area contributed by atoms with Crippen LogP contribution in [-0.2, 0) is 19.4 Å². The average molecular weight is 419 g/mol. The Morgan fingerprint density at radius 2 is 1.97 bits per heavy atom. The number of fused-ring (bicyclic) bond motifs is 2. The fraction of sp³-hybridized carbons (Fsp3) is 0.538. The Balaban J connectivity index is 1.31. The Morgan fingerprint density at radius 1 is 1.13 bits per heavy atom. The summed E-state index contributed by atoms with van der Waals surface area (Å²) in [6, 6.07) is 11.3. The molecule has 1 saturated heterocycles. The zero-order chi connectivity index (χ0) is 21.2. The number of likely N-dealkylation sites (N-methyl/N-ethyl adjacent to an activating group) is 1. The highest BCUT2D eigenvalue weighted by molar-refractivity contribution is 5.96. The fourth-order valence-electron chi connectivity index (χ4n) is 5.70. The molecule has 0 bridgehead atoms. The molecule has 5 nitrogen and oxygen atoms in total. The van der Waals surface area contributed by atoms with E-state index in [0.717, 1.165) is 57.4 Å². The minimum absolute atomic E-state index is 0.232. The number of piperidine rings is 1. The van der Waals surface area contributed by atoms with E-state index in [1.54, 1.807) is 0 Å². The predicted molar refractivity (Wildman–Crippen MR) is 123 cm³/mol. The van der Waals surface area contributed by atoms with Gasteiger partial charge in [0.15, 0.2) is 0 Å². The van der Waals surface area contributed by atoms with E-state index in [0.29, 0.717) is 12.1 Å². The zero-order valence-electron chi connectivity index (χ0n) is 18.6. The summed E-state index contributed by atoms with van der Waals surface area (Å²) in [7, 11) is 2.23. The number of carbonyl (C=O) groups is 1. The molecule has 1 N–H and O–H groups in total. The zero-order valence-corrected chi connectivity index (χ0v) is 18.6. The van der Waals surface area contributed by atoms with Gasteiger partial charge in [0.05, 0.1) is 11.7 Å². The highest BCUT2D eigenvalue weighted by Crippen LogP contribution is 2.32. The number of pyridine rings is 1. The summed E-state index contributed by atoms with van der Waals surface area (Å²) in [6.45, 7) is 3.61. The summed E-state index contributed by atoms with van der Waals surface area (Å²) in [5.74, 6) is 0.232. The second kappa shape index (κ2) is 9.09. The average Bonchev–Trinajstić information content (AvgIpc) is 2.83. The van der Waals surface area contributed by atoms with Crippen molar-refractivity contribution in [1.29, 1.82) is 0 Å². The van der Waals surface area contributed by atoms with Gasteiger partial charge in [0.2, 0.25) is 0 Å². The van der Waals surface area contributed by atoms with Crippen LogP contribution in [0.25, 0.3) is 0 Å². The molecular formula is C26H34N4O. The minimum atomic E-state index is 0.232. The second-order valence-electron chi connectivity index (χ2n) is 9.47. The van der Waals surface area contributed by atoms with Gasteiger partial charge in [0.1, 0.15) is 0 Å². The smallest absolute Gasteiger partial charge is 0.254 e. The van der Waals surface area contributed by atoms with Crippen molar-refractivity contribution in [1.82, 2.24) is 20.1 Å². The maximum absolute atomic E-state index is 13.3. The first kappa shape index (κ1) is 20.7. The van der Waals surface area contributed by atoms with Crippen LogP contribution in [0.3, 0.4) is 0 Å². The van der Waals surface area contributed by atoms with E-state index in [-0.39, 0.29) is 5.91 Å². The van der Waals surface area contributed by atoms with Crippen molar-refractivity contribution >= 4 is 5.91 Å². The monoisotopic (exact) mass is 418 g/mol. The van der Waals surface area contributed by atoms with Crippen molar-refractivity contribution < 1.29 is 4.79 Å². The molecular weight excluding hydrogens is 384 g/mol. The van der Waals surface area contributed by atoms with Gasteiger partial charge >= 0.3 is 0 Å². The minimum Gasteiger partial charge on any atom is -0.339 e.